The highest BCUT2D eigenvalue weighted by atomic mass is 16.5. The van der Waals surface area contributed by atoms with Gasteiger partial charge in [-0.15, -0.1) is 0 Å². The molecule has 1 heterocycles. The van der Waals surface area contributed by atoms with E-state index < -0.39 is 0 Å². The number of rotatable bonds is 8. The number of hydrogen-bond acceptors (Lipinski definition) is 5. The Kier molecular flexibility index (Phi) is 6.57. The molecule has 0 radical (unpaired) electrons. The maximum absolute atomic E-state index is 12.5. The molecule has 24 heavy (non-hydrogen) atoms. The fraction of sp³-hybridized carbons (Fsp3) is 0.333. The Labute approximate surface area is 141 Å². The summed E-state index contributed by atoms with van der Waals surface area (Å²) < 4.78 is 16.1. The molecule has 0 aliphatic heterocycles. The molecule has 1 atom stereocenters. The fourth-order valence-corrected chi connectivity index (χ4v) is 2.48. The van der Waals surface area contributed by atoms with Gasteiger partial charge in [-0.3, -0.25) is 9.78 Å². The second kappa shape index (κ2) is 8.88. The summed E-state index contributed by atoms with van der Waals surface area (Å²) in [4.78, 5) is 16.6. The Morgan fingerprint density at radius 1 is 1.08 bits per heavy atom. The Bertz CT molecular complexity index is 639. The zero-order chi connectivity index (χ0) is 17.4. The third-order valence-electron chi connectivity index (χ3n) is 3.63. The first-order valence-electron chi connectivity index (χ1n) is 7.63. The standard InChI is InChI=1S/C18H22N2O4/c1-22-12-10-13(20-18(21)14-7-4-5-11-19-14)17-15(23-2)8-6-9-16(17)24-3/h4-9,11,13H,10,12H2,1-3H3,(H,20,21). The van der Waals surface area contributed by atoms with Gasteiger partial charge in [0.15, 0.2) is 0 Å². The van der Waals surface area contributed by atoms with Crippen molar-refractivity contribution in [2.24, 2.45) is 0 Å². The van der Waals surface area contributed by atoms with E-state index in [1.54, 1.807) is 45.7 Å². The molecule has 128 valence electrons. The molecule has 1 amide bonds. The molecule has 0 aliphatic carbocycles. The van der Waals surface area contributed by atoms with Crippen LogP contribution in [-0.2, 0) is 4.74 Å². The van der Waals surface area contributed by atoms with Crippen molar-refractivity contribution >= 4 is 5.91 Å². The first-order chi connectivity index (χ1) is 11.7. The van der Waals surface area contributed by atoms with Gasteiger partial charge >= 0.3 is 0 Å². The van der Waals surface area contributed by atoms with Gasteiger partial charge in [0.2, 0.25) is 0 Å². The minimum absolute atomic E-state index is 0.260. The van der Waals surface area contributed by atoms with Gasteiger partial charge in [-0.1, -0.05) is 12.1 Å². The second-order valence-corrected chi connectivity index (χ2v) is 5.10. The van der Waals surface area contributed by atoms with Gasteiger partial charge in [0, 0.05) is 19.9 Å². The van der Waals surface area contributed by atoms with E-state index in [1.165, 1.54) is 0 Å². The Morgan fingerprint density at radius 3 is 2.33 bits per heavy atom. The SMILES string of the molecule is COCCC(NC(=O)c1ccccn1)c1c(OC)cccc1OC. The lowest BCUT2D eigenvalue weighted by Gasteiger charge is -2.23. The van der Waals surface area contributed by atoms with Gasteiger partial charge in [0.1, 0.15) is 17.2 Å². The normalized spacial score (nSPS) is 11.6. The van der Waals surface area contributed by atoms with Gasteiger partial charge in [-0.25, -0.2) is 0 Å². The summed E-state index contributed by atoms with van der Waals surface area (Å²) >= 11 is 0. The monoisotopic (exact) mass is 330 g/mol. The number of hydrogen-bond donors (Lipinski definition) is 1. The largest absolute Gasteiger partial charge is 0.496 e. The van der Waals surface area contributed by atoms with E-state index in [4.69, 9.17) is 14.2 Å². The third kappa shape index (κ3) is 4.23. The number of aromatic nitrogens is 1. The summed E-state index contributed by atoms with van der Waals surface area (Å²) in [5, 5.41) is 2.99. The van der Waals surface area contributed by atoms with Crippen LogP contribution in [0.1, 0.15) is 28.5 Å². The molecule has 0 saturated heterocycles. The van der Waals surface area contributed by atoms with Crippen LogP contribution in [0.2, 0.25) is 0 Å². The van der Waals surface area contributed by atoms with Crippen LogP contribution in [-0.4, -0.2) is 38.8 Å². The molecular weight excluding hydrogens is 308 g/mol. The van der Waals surface area contributed by atoms with Crippen molar-refractivity contribution in [3.05, 3.63) is 53.9 Å². The Balaban J connectivity index is 2.33. The molecule has 1 N–H and O–H groups in total. The topological polar surface area (TPSA) is 69.7 Å². The average molecular weight is 330 g/mol. The minimum Gasteiger partial charge on any atom is -0.496 e. The van der Waals surface area contributed by atoms with E-state index in [9.17, 15) is 4.79 Å². The quantitative estimate of drug-likeness (QED) is 0.806. The zero-order valence-corrected chi connectivity index (χ0v) is 14.1. The fourth-order valence-electron chi connectivity index (χ4n) is 2.48. The molecule has 0 bridgehead atoms. The first kappa shape index (κ1) is 17.7. The van der Waals surface area contributed by atoms with Gasteiger partial charge in [0.05, 0.1) is 25.8 Å². The number of amides is 1. The number of benzene rings is 1. The van der Waals surface area contributed by atoms with Crippen molar-refractivity contribution in [1.29, 1.82) is 0 Å². The molecule has 6 heteroatoms. The average Bonchev–Trinajstić information content (AvgIpc) is 2.64. The minimum atomic E-state index is -0.328. The third-order valence-corrected chi connectivity index (χ3v) is 3.63. The molecule has 2 rings (SSSR count). The maximum atomic E-state index is 12.5. The van der Waals surface area contributed by atoms with Crippen LogP contribution in [0, 0.1) is 0 Å². The van der Waals surface area contributed by atoms with Crippen LogP contribution >= 0.6 is 0 Å². The van der Waals surface area contributed by atoms with E-state index >= 15 is 0 Å². The van der Waals surface area contributed by atoms with E-state index in [0.717, 1.165) is 5.56 Å². The van der Waals surface area contributed by atoms with Crippen LogP contribution in [0.4, 0.5) is 0 Å². The van der Waals surface area contributed by atoms with Crippen LogP contribution < -0.4 is 14.8 Å². The van der Waals surface area contributed by atoms with E-state index in [0.29, 0.717) is 30.2 Å². The lowest BCUT2D eigenvalue weighted by Crippen LogP contribution is -2.30. The molecule has 1 aromatic carbocycles. The van der Waals surface area contributed by atoms with Crippen LogP contribution in [0.5, 0.6) is 11.5 Å². The molecule has 0 aliphatic rings. The summed E-state index contributed by atoms with van der Waals surface area (Å²) in [7, 11) is 4.80. The summed E-state index contributed by atoms with van der Waals surface area (Å²) in [5.74, 6) is 1.04. The summed E-state index contributed by atoms with van der Waals surface area (Å²) in [6, 6.07) is 10.4. The van der Waals surface area contributed by atoms with Gasteiger partial charge in [-0.2, -0.15) is 0 Å². The van der Waals surface area contributed by atoms with Gasteiger partial charge in [0.25, 0.3) is 5.91 Å². The van der Waals surface area contributed by atoms with Crippen molar-refractivity contribution in [1.82, 2.24) is 10.3 Å². The molecule has 0 spiro atoms. The molecule has 2 aromatic rings. The molecular formula is C18H22N2O4. The number of carbonyl (C=O) groups is 1. The Morgan fingerprint density at radius 2 is 1.79 bits per heavy atom. The van der Waals surface area contributed by atoms with E-state index in [1.807, 2.05) is 18.2 Å². The number of methoxy groups -OCH3 is 3. The van der Waals surface area contributed by atoms with Crippen molar-refractivity contribution in [3.8, 4) is 11.5 Å². The number of carbonyl (C=O) groups excluding carboxylic acids is 1. The van der Waals surface area contributed by atoms with Crippen molar-refractivity contribution < 1.29 is 19.0 Å². The zero-order valence-electron chi connectivity index (χ0n) is 14.1. The number of nitrogens with one attached hydrogen (secondary N) is 1. The predicted octanol–water partition coefficient (Wildman–Crippen LogP) is 2.61. The van der Waals surface area contributed by atoms with Crippen molar-refractivity contribution in [2.45, 2.75) is 12.5 Å². The highest BCUT2D eigenvalue weighted by Crippen LogP contribution is 2.35. The summed E-state index contributed by atoms with van der Waals surface area (Å²) in [5.41, 5.74) is 1.14. The summed E-state index contributed by atoms with van der Waals surface area (Å²) in [6.07, 6.45) is 2.16. The maximum Gasteiger partial charge on any atom is 0.270 e. The number of nitrogens with zero attached hydrogens (tertiary/aromatic N) is 1. The lowest BCUT2D eigenvalue weighted by molar-refractivity contribution is 0.0918. The second-order valence-electron chi connectivity index (χ2n) is 5.10. The smallest absolute Gasteiger partial charge is 0.270 e. The van der Waals surface area contributed by atoms with Gasteiger partial charge < -0.3 is 19.5 Å². The van der Waals surface area contributed by atoms with E-state index in [-0.39, 0.29) is 11.9 Å². The predicted molar refractivity (Wildman–Crippen MR) is 90.5 cm³/mol. The van der Waals surface area contributed by atoms with Crippen molar-refractivity contribution in [2.75, 3.05) is 27.9 Å². The molecule has 6 nitrogen and oxygen atoms in total. The molecule has 0 saturated carbocycles. The van der Waals surface area contributed by atoms with Crippen molar-refractivity contribution in [3.63, 3.8) is 0 Å². The van der Waals surface area contributed by atoms with Gasteiger partial charge in [-0.05, 0) is 30.7 Å². The highest BCUT2D eigenvalue weighted by Gasteiger charge is 2.23. The lowest BCUT2D eigenvalue weighted by atomic mass is 10.0. The highest BCUT2D eigenvalue weighted by molar-refractivity contribution is 5.92. The molecule has 0 fully saturated rings. The molecule has 1 unspecified atom stereocenters. The Hall–Kier alpha value is -2.60. The van der Waals surface area contributed by atoms with E-state index in [2.05, 4.69) is 10.3 Å². The van der Waals surface area contributed by atoms with Crippen LogP contribution in [0.25, 0.3) is 0 Å². The first-order valence-corrected chi connectivity index (χ1v) is 7.63. The summed E-state index contributed by atoms with van der Waals surface area (Å²) in [6.45, 7) is 0.481. The molecule has 1 aromatic heterocycles. The van der Waals surface area contributed by atoms with Crippen LogP contribution in [0.3, 0.4) is 0 Å². The van der Waals surface area contributed by atoms with Crippen LogP contribution in [0.15, 0.2) is 42.6 Å². The number of pyridine rings is 1. The number of ether oxygens (including phenoxy) is 3.